The van der Waals surface area contributed by atoms with E-state index in [-0.39, 0.29) is 6.54 Å². The lowest BCUT2D eigenvalue weighted by Gasteiger charge is -2.10. The number of imidazole rings is 1. The van der Waals surface area contributed by atoms with Crippen LogP contribution in [0.15, 0.2) is 43.3 Å². The van der Waals surface area contributed by atoms with Crippen LogP contribution in [0.25, 0.3) is 22.1 Å². The van der Waals surface area contributed by atoms with Gasteiger partial charge in [0.1, 0.15) is 5.58 Å². The van der Waals surface area contributed by atoms with Gasteiger partial charge in [0.15, 0.2) is 11.2 Å². The topological polar surface area (TPSA) is 92.0 Å². The highest BCUT2D eigenvalue weighted by atomic mass is 16.4. The highest BCUT2D eigenvalue weighted by Gasteiger charge is 2.16. The Morgan fingerprint density at radius 2 is 1.81 bits per heavy atom. The molecule has 1 aromatic carbocycles. The van der Waals surface area contributed by atoms with Crippen molar-refractivity contribution in [2.24, 2.45) is 14.1 Å². The summed E-state index contributed by atoms with van der Waals surface area (Å²) < 4.78 is 9.44. The molecule has 27 heavy (non-hydrogen) atoms. The lowest BCUT2D eigenvalue weighted by molar-refractivity contribution is 0.555. The largest absolute Gasteiger partial charge is 0.422 e. The molecule has 4 aromatic rings. The standard InChI is InChI=1S/C19H18N4O4/c1-10-5-6-13-12(7-14(24)27-16(13)11(10)2)8-23-9-20-17-15(23)18(25)22(4)19(26)21(17)3/h5-7,9H,8H2,1-4H3. The highest BCUT2D eigenvalue weighted by Crippen LogP contribution is 2.24. The number of aromatic nitrogens is 4. The van der Waals surface area contributed by atoms with E-state index in [1.165, 1.54) is 24.0 Å². The minimum atomic E-state index is -0.448. The Labute approximate surface area is 152 Å². The minimum Gasteiger partial charge on any atom is -0.422 e. The van der Waals surface area contributed by atoms with Crippen LogP contribution in [-0.2, 0) is 20.6 Å². The van der Waals surface area contributed by atoms with Crippen LogP contribution in [0.2, 0.25) is 0 Å². The Morgan fingerprint density at radius 3 is 2.56 bits per heavy atom. The van der Waals surface area contributed by atoms with Crippen molar-refractivity contribution in [3.63, 3.8) is 0 Å². The Bertz CT molecular complexity index is 1400. The predicted molar refractivity (Wildman–Crippen MR) is 101 cm³/mol. The van der Waals surface area contributed by atoms with Crippen LogP contribution in [0.5, 0.6) is 0 Å². The van der Waals surface area contributed by atoms with Gasteiger partial charge in [0.05, 0.1) is 12.9 Å². The van der Waals surface area contributed by atoms with Gasteiger partial charge in [-0.05, 0) is 30.5 Å². The first-order valence-corrected chi connectivity index (χ1v) is 8.43. The van der Waals surface area contributed by atoms with E-state index in [9.17, 15) is 14.4 Å². The van der Waals surface area contributed by atoms with Gasteiger partial charge in [0.2, 0.25) is 0 Å². The zero-order valence-corrected chi connectivity index (χ0v) is 15.4. The monoisotopic (exact) mass is 366 g/mol. The second-order valence-corrected chi connectivity index (χ2v) is 6.73. The Balaban J connectivity index is 1.99. The van der Waals surface area contributed by atoms with Crippen molar-refractivity contribution < 1.29 is 4.42 Å². The molecule has 0 bridgehead atoms. The van der Waals surface area contributed by atoms with Crippen molar-refractivity contribution in [2.75, 3.05) is 0 Å². The van der Waals surface area contributed by atoms with Crippen molar-refractivity contribution in [3.8, 4) is 0 Å². The van der Waals surface area contributed by atoms with E-state index in [0.29, 0.717) is 16.7 Å². The summed E-state index contributed by atoms with van der Waals surface area (Å²) in [5.41, 5.74) is 2.50. The van der Waals surface area contributed by atoms with Gasteiger partial charge in [0, 0.05) is 25.5 Å². The molecule has 0 unspecified atom stereocenters. The SMILES string of the molecule is Cc1ccc2c(Cn3cnc4c3c(=O)n(C)c(=O)n4C)cc(=O)oc2c1C. The van der Waals surface area contributed by atoms with Crippen LogP contribution >= 0.6 is 0 Å². The first kappa shape index (κ1) is 17.0. The summed E-state index contributed by atoms with van der Waals surface area (Å²) >= 11 is 0. The summed E-state index contributed by atoms with van der Waals surface area (Å²) in [4.78, 5) is 41.0. The normalized spacial score (nSPS) is 11.6. The zero-order chi connectivity index (χ0) is 19.5. The fourth-order valence-electron chi connectivity index (χ4n) is 3.36. The third-order valence-corrected chi connectivity index (χ3v) is 5.08. The van der Waals surface area contributed by atoms with Crippen LogP contribution in [-0.4, -0.2) is 18.7 Å². The Kier molecular flexibility index (Phi) is 3.66. The molecule has 138 valence electrons. The third kappa shape index (κ3) is 2.44. The molecule has 3 aromatic heterocycles. The molecule has 4 rings (SSSR count). The fourth-order valence-corrected chi connectivity index (χ4v) is 3.36. The molecule has 8 nitrogen and oxygen atoms in total. The first-order valence-electron chi connectivity index (χ1n) is 8.43. The number of benzene rings is 1. The van der Waals surface area contributed by atoms with Gasteiger partial charge in [0.25, 0.3) is 5.56 Å². The van der Waals surface area contributed by atoms with Crippen molar-refractivity contribution in [3.05, 3.63) is 72.5 Å². The van der Waals surface area contributed by atoms with E-state index in [2.05, 4.69) is 4.98 Å². The number of hydrogen-bond acceptors (Lipinski definition) is 5. The summed E-state index contributed by atoms with van der Waals surface area (Å²) in [7, 11) is 3.00. The number of fused-ring (bicyclic) bond motifs is 2. The lowest BCUT2D eigenvalue weighted by atomic mass is 10.0. The van der Waals surface area contributed by atoms with Crippen LogP contribution in [0.1, 0.15) is 16.7 Å². The maximum absolute atomic E-state index is 12.6. The van der Waals surface area contributed by atoms with E-state index in [1.54, 1.807) is 11.6 Å². The minimum absolute atomic E-state index is 0.258. The molecular weight excluding hydrogens is 348 g/mol. The van der Waals surface area contributed by atoms with E-state index >= 15 is 0 Å². The quantitative estimate of drug-likeness (QED) is 0.497. The van der Waals surface area contributed by atoms with E-state index in [0.717, 1.165) is 26.6 Å². The summed E-state index contributed by atoms with van der Waals surface area (Å²) in [6.07, 6.45) is 1.51. The second-order valence-electron chi connectivity index (χ2n) is 6.73. The summed E-state index contributed by atoms with van der Waals surface area (Å²) in [6, 6.07) is 5.30. The molecule has 0 saturated carbocycles. The highest BCUT2D eigenvalue weighted by molar-refractivity contribution is 5.84. The smallest absolute Gasteiger partial charge is 0.336 e. The molecule has 0 aliphatic carbocycles. The van der Waals surface area contributed by atoms with E-state index in [4.69, 9.17) is 4.42 Å². The summed E-state index contributed by atoms with van der Waals surface area (Å²) in [5.74, 6) is 0. The molecule has 0 amide bonds. The number of nitrogens with zero attached hydrogens (tertiary/aromatic N) is 4. The van der Waals surface area contributed by atoms with Crippen LogP contribution in [0.4, 0.5) is 0 Å². The molecule has 0 N–H and O–H groups in total. The lowest BCUT2D eigenvalue weighted by Crippen LogP contribution is -2.37. The fraction of sp³-hybridized carbons (Fsp3) is 0.263. The molecule has 0 spiro atoms. The second kappa shape index (κ2) is 5.80. The third-order valence-electron chi connectivity index (χ3n) is 5.08. The van der Waals surface area contributed by atoms with Crippen molar-refractivity contribution >= 4 is 22.1 Å². The number of hydrogen-bond donors (Lipinski definition) is 0. The van der Waals surface area contributed by atoms with Crippen molar-refractivity contribution in [2.45, 2.75) is 20.4 Å². The van der Waals surface area contributed by atoms with Crippen LogP contribution in [0, 0.1) is 13.8 Å². The Hall–Kier alpha value is -3.42. The number of rotatable bonds is 2. The molecule has 3 heterocycles. The molecular formula is C19H18N4O4. The van der Waals surface area contributed by atoms with Gasteiger partial charge in [-0.15, -0.1) is 0 Å². The van der Waals surface area contributed by atoms with Gasteiger partial charge in [-0.25, -0.2) is 14.6 Å². The average Bonchev–Trinajstić information content (AvgIpc) is 3.05. The molecule has 0 atom stereocenters. The first-order chi connectivity index (χ1) is 12.8. The van der Waals surface area contributed by atoms with Gasteiger partial charge >= 0.3 is 11.3 Å². The van der Waals surface area contributed by atoms with Crippen molar-refractivity contribution in [1.29, 1.82) is 0 Å². The zero-order valence-electron chi connectivity index (χ0n) is 15.4. The van der Waals surface area contributed by atoms with Crippen LogP contribution in [0.3, 0.4) is 0 Å². The van der Waals surface area contributed by atoms with Gasteiger partial charge in [-0.3, -0.25) is 13.9 Å². The number of aryl methyl sites for hydroxylation is 3. The average molecular weight is 366 g/mol. The Morgan fingerprint density at radius 1 is 1.07 bits per heavy atom. The maximum Gasteiger partial charge on any atom is 0.336 e. The molecule has 0 saturated heterocycles. The maximum atomic E-state index is 12.6. The molecule has 8 heteroatoms. The molecule has 0 fully saturated rings. The van der Waals surface area contributed by atoms with Gasteiger partial charge in [-0.2, -0.15) is 0 Å². The van der Waals surface area contributed by atoms with E-state index < -0.39 is 16.9 Å². The summed E-state index contributed by atoms with van der Waals surface area (Å²) in [5, 5.41) is 0.807. The molecule has 0 radical (unpaired) electrons. The van der Waals surface area contributed by atoms with E-state index in [1.807, 2.05) is 26.0 Å². The predicted octanol–water partition coefficient (Wildman–Crippen LogP) is 1.21. The molecule has 0 aliphatic rings. The van der Waals surface area contributed by atoms with Crippen molar-refractivity contribution in [1.82, 2.24) is 18.7 Å². The van der Waals surface area contributed by atoms with Gasteiger partial charge in [-0.1, -0.05) is 12.1 Å². The van der Waals surface area contributed by atoms with Crippen LogP contribution < -0.4 is 16.9 Å². The van der Waals surface area contributed by atoms with Gasteiger partial charge < -0.3 is 8.98 Å². The molecule has 0 aliphatic heterocycles. The summed E-state index contributed by atoms with van der Waals surface area (Å²) in [6.45, 7) is 4.12.